The maximum absolute atomic E-state index is 12.8. The molecule has 1 unspecified atom stereocenters. The van der Waals surface area contributed by atoms with Crippen molar-refractivity contribution in [2.24, 2.45) is 0 Å². The molecule has 2 amide bonds. The Labute approximate surface area is 167 Å². The molecule has 4 rings (SSSR count). The fraction of sp³-hybridized carbons (Fsp3) is 0.450. The number of piperazine rings is 1. The number of rotatable bonds is 4. The summed E-state index contributed by atoms with van der Waals surface area (Å²) in [6.45, 7) is -0.317. The van der Waals surface area contributed by atoms with Crippen molar-refractivity contribution < 1.29 is 18.3 Å². The highest BCUT2D eigenvalue weighted by Crippen LogP contribution is 2.32. The lowest BCUT2D eigenvalue weighted by Gasteiger charge is -2.36. The van der Waals surface area contributed by atoms with Crippen LogP contribution < -0.4 is 15.0 Å². The Morgan fingerprint density at radius 2 is 1.93 bits per heavy atom. The molecule has 0 bridgehead atoms. The van der Waals surface area contributed by atoms with E-state index in [1.165, 1.54) is 6.07 Å². The molecule has 29 heavy (non-hydrogen) atoms. The second kappa shape index (κ2) is 8.59. The Morgan fingerprint density at radius 3 is 2.66 bits per heavy atom. The monoisotopic (exact) mass is 403 g/mol. The third-order valence-corrected chi connectivity index (χ3v) is 5.35. The summed E-state index contributed by atoms with van der Waals surface area (Å²) in [6.07, 6.45) is 5.91. The zero-order valence-electron chi connectivity index (χ0n) is 15.9. The second-order valence-electron chi connectivity index (χ2n) is 7.16. The molecular formula is C20H23F2N5O2. The molecule has 2 aromatic rings. The number of nitrogens with zero attached hydrogens (tertiary/aromatic N) is 4. The van der Waals surface area contributed by atoms with Gasteiger partial charge in [-0.15, -0.1) is 0 Å². The number of urea groups is 1. The topological polar surface area (TPSA) is 70.6 Å². The number of halogens is 2. The minimum Gasteiger partial charge on any atom is -0.435 e. The average Bonchev–Trinajstić information content (AvgIpc) is 2.74. The van der Waals surface area contributed by atoms with E-state index in [2.05, 4.69) is 24.9 Å². The molecule has 1 aliphatic heterocycles. The highest BCUT2D eigenvalue weighted by molar-refractivity contribution is 5.75. The second-order valence-corrected chi connectivity index (χ2v) is 7.16. The van der Waals surface area contributed by atoms with Crippen molar-refractivity contribution in [1.29, 1.82) is 0 Å². The normalized spacial score (nSPS) is 19.1. The van der Waals surface area contributed by atoms with Crippen LogP contribution >= 0.6 is 0 Å². The third kappa shape index (κ3) is 4.55. The average molecular weight is 403 g/mol. The molecule has 2 aliphatic rings. The molecule has 2 heterocycles. The Balaban J connectivity index is 1.36. The molecule has 1 aromatic carbocycles. The van der Waals surface area contributed by atoms with Crippen LogP contribution in [0.15, 0.2) is 36.7 Å². The molecule has 0 radical (unpaired) electrons. The van der Waals surface area contributed by atoms with Gasteiger partial charge in [-0.1, -0.05) is 6.07 Å². The molecule has 1 saturated heterocycles. The van der Waals surface area contributed by atoms with Gasteiger partial charge < -0.3 is 19.9 Å². The van der Waals surface area contributed by atoms with Crippen molar-refractivity contribution in [3.63, 3.8) is 0 Å². The Morgan fingerprint density at radius 1 is 1.17 bits per heavy atom. The molecule has 7 nitrogen and oxygen atoms in total. The van der Waals surface area contributed by atoms with Gasteiger partial charge in [0.15, 0.2) is 0 Å². The molecule has 1 atom stereocenters. The standard InChI is InChI=1S/C20H23F2N5O2/c21-18(22)29-15-5-6-16-14(13-15)3-1-4-17(16)25-20(28)27-11-9-26(10-12-27)19-23-7-2-8-24-19/h2,5-8,13,17-18H,1,3-4,9-12H2,(H,25,28). The van der Waals surface area contributed by atoms with E-state index in [9.17, 15) is 13.6 Å². The van der Waals surface area contributed by atoms with E-state index in [0.717, 1.165) is 30.4 Å². The van der Waals surface area contributed by atoms with E-state index in [1.54, 1.807) is 35.5 Å². The van der Waals surface area contributed by atoms with Crippen molar-refractivity contribution in [2.75, 3.05) is 31.1 Å². The number of benzene rings is 1. The number of aryl methyl sites for hydroxylation is 1. The number of ether oxygens (including phenoxy) is 1. The lowest BCUT2D eigenvalue weighted by Crippen LogP contribution is -2.52. The van der Waals surface area contributed by atoms with Gasteiger partial charge in [-0.2, -0.15) is 8.78 Å². The van der Waals surface area contributed by atoms with Crippen LogP contribution in [-0.4, -0.2) is 53.7 Å². The SMILES string of the molecule is O=C(NC1CCCc2cc(OC(F)F)ccc21)N1CCN(c2ncccn2)CC1. The molecule has 0 saturated carbocycles. The van der Waals surface area contributed by atoms with Gasteiger partial charge in [0.2, 0.25) is 5.95 Å². The first-order chi connectivity index (χ1) is 14.1. The summed E-state index contributed by atoms with van der Waals surface area (Å²) in [6, 6.07) is 6.51. The van der Waals surface area contributed by atoms with E-state index in [4.69, 9.17) is 0 Å². The highest BCUT2D eigenvalue weighted by atomic mass is 19.3. The molecular weight excluding hydrogens is 380 g/mol. The van der Waals surface area contributed by atoms with Crippen LogP contribution in [0.3, 0.4) is 0 Å². The van der Waals surface area contributed by atoms with Crippen LogP contribution in [0, 0.1) is 0 Å². The minimum atomic E-state index is -2.84. The number of hydrogen-bond acceptors (Lipinski definition) is 5. The molecule has 1 N–H and O–H groups in total. The lowest BCUT2D eigenvalue weighted by atomic mass is 9.87. The molecule has 154 valence electrons. The summed E-state index contributed by atoms with van der Waals surface area (Å²) in [5.41, 5.74) is 1.92. The number of carbonyl (C=O) groups excluding carboxylic acids is 1. The first-order valence-corrected chi connectivity index (χ1v) is 9.75. The summed E-state index contributed by atoms with van der Waals surface area (Å²) < 4.78 is 29.4. The minimum absolute atomic E-state index is 0.107. The van der Waals surface area contributed by atoms with E-state index in [0.29, 0.717) is 32.1 Å². The number of alkyl halides is 2. The zero-order valence-corrected chi connectivity index (χ0v) is 15.9. The Bertz CT molecular complexity index is 844. The van der Waals surface area contributed by atoms with Gasteiger partial charge in [0.1, 0.15) is 5.75 Å². The highest BCUT2D eigenvalue weighted by Gasteiger charge is 2.27. The van der Waals surface area contributed by atoms with E-state index in [1.807, 2.05) is 0 Å². The quantitative estimate of drug-likeness (QED) is 0.850. The van der Waals surface area contributed by atoms with Crippen LogP contribution in [-0.2, 0) is 6.42 Å². The van der Waals surface area contributed by atoms with Crippen LogP contribution in [0.25, 0.3) is 0 Å². The molecule has 0 spiro atoms. The number of amides is 2. The first kappa shape index (κ1) is 19.4. The first-order valence-electron chi connectivity index (χ1n) is 9.75. The molecule has 1 fully saturated rings. The van der Waals surface area contributed by atoms with Crippen LogP contribution in [0.4, 0.5) is 19.5 Å². The molecule has 9 heteroatoms. The smallest absolute Gasteiger partial charge is 0.387 e. The van der Waals surface area contributed by atoms with E-state index >= 15 is 0 Å². The van der Waals surface area contributed by atoms with Crippen LogP contribution in [0.5, 0.6) is 5.75 Å². The number of aromatic nitrogens is 2. The predicted octanol–water partition coefficient (Wildman–Crippen LogP) is 2.99. The van der Waals surface area contributed by atoms with Gasteiger partial charge in [0, 0.05) is 38.6 Å². The summed E-state index contributed by atoms with van der Waals surface area (Å²) in [4.78, 5) is 25.1. The summed E-state index contributed by atoms with van der Waals surface area (Å²) in [5, 5.41) is 3.11. The van der Waals surface area contributed by atoms with Crippen molar-refractivity contribution in [2.45, 2.75) is 31.9 Å². The maximum atomic E-state index is 12.8. The number of carbonyl (C=O) groups is 1. The number of fused-ring (bicyclic) bond motifs is 1. The van der Waals surface area contributed by atoms with Gasteiger partial charge >= 0.3 is 12.6 Å². The summed E-state index contributed by atoms with van der Waals surface area (Å²) >= 11 is 0. The Kier molecular flexibility index (Phi) is 5.73. The van der Waals surface area contributed by atoms with Gasteiger partial charge in [-0.05, 0) is 48.6 Å². The Hall–Kier alpha value is -2.97. The summed E-state index contributed by atoms with van der Waals surface area (Å²) in [5.74, 6) is 0.834. The predicted molar refractivity (Wildman–Crippen MR) is 103 cm³/mol. The van der Waals surface area contributed by atoms with Gasteiger partial charge in [-0.25, -0.2) is 14.8 Å². The van der Waals surface area contributed by atoms with Crippen molar-refractivity contribution in [3.8, 4) is 5.75 Å². The van der Waals surface area contributed by atoms with E-state index in [-0.39, 0.29) is 17.8 Å². The lowest BCUT2D eigenvalue weighted by molar-refractivity contribution is -0.0499. The van der Waals surface area contributed by atoms with Crippen molar-refractivity contribution >= 4 is 12.0 Å². The van der Waals surface area contributed by atoms with E-state index < -0.39 is 6.61 Å². The molecule has 1 aromatic heterocycles. The zero-order chi connectivity index (χ0) is 20.2. The van der Waals surface area contributed by atoms with Gasteiger partial charge in [0.25, 0.3) is 0 Å². The van der Waals surface area contributed by atoms with Crippen molar-refractivity contribution in [3.05, 3.63) is 47.8 Å². The number of hydrogen-bond donors (Lipinski definition) is 1. The van der Waals surface area contributed by atoms with Gasteiger partial charge in [0.05, 0.1) is 6.04 Å². The largest absolute Gasteiger partial charge is 0.435 e. The van der Waals surface area contributed by atoms with Crippen LogP contribution in [0.1, 0.15) is 30.0 Å². The maximum Gasteiger partial charge on any atom is 0.387 e. The number of nitrogens with one attached hydrogen (secondary N) is 1. The van der Waals surface area contributed by atoms with Gasteiger partial charge in [-0.3, -0.25) is 0 Å². The molecule has 1 aliphatic carbocycles. The van der Waals surface area contributed by atoms with Crippen molar-refractivity contribution in [1.82, 2.24) is 20.2 Å². The third-order valence-electron chi connectivity index (χ3n) is 5.35. The number of anilines is 1. The fourth-order valence-corrected chi connectivity index (χ4v) is 3.92. The fourth-order valence-electron chi connectivity index (χ4n) is 3.92. The van der Waals surface area contributed by atoms with Crippen LogP contribution in [0.2, 0.25) is 0 Å². The summed E-state index contributed by atoms with van der Waals surface area (Å²) in [7, 11) is 0.